The van der Waals surface area contributed by atoms with Gasteiger partial charge in [0.1, 0.15) is 5.82 Å². The van der Waals surface area contributed by atoms with Crippen molar-refractivity contribution in [3.8, 4) is 0 Å². The monoisotopic (exact) mass is 325 g/mol. The summed E-state index contributed by atoms with van der Waals surface area (Å²) < 4.78 is 12.8. The minimum Gasteiger partial charge on any atom is -0.372 e. The van der Waals surface area contributed by atoms with Gasteiger partial charge in [-0.05, 0) is 67.3 Å². The summed E-state index contributed by atoms with van der Waals surface area (Å²) in [6.07, 6.45) is 4.12. The maximum absolute atomic E-state index is 12.8. The number of carbonyl (C=O) groups excluding carboxylic acids is 1. The van der Waals surface area contributed by atoms with Crippen LogP contribution in [0.3, 0.4) is 0 Å². The first kappa shape index (κ1) is 16.2. The second-order valence-electron chi connectivity index (χ2n) is 5.94. The van der Waals surface area contributed by atoms with E-state index in [9.17, 15) is 9.18 Å². The van der Waals surface area contributed by atoms with E-state index < -0.39 is 0 Å². The number of anilines is 1. The van der Waals surface area contributed by atoms with E-state index in [1.165, 1.54) is 42.8 Å². The molecular weight excluding hydrogens is 305 g/mol. The fourth-order valence-corrected chi connectivity index (χ4v) is 2.80. The number of hydrazone groups is 1. The zero-order valence-corrected chi connectivity index (χ0v) is 13.6. The number of rotatable bonds is 4. The Kier molecular flexibility index (Phi) is 4.89. The van der Waals surface area contributed by atoms with E-state index in [-0.39, 0.29) is 11.7 Å². The molecule has 24 heavy (non-hydrogen) atoms. The zero-order valence-electron chi connectivity index (χ0n) is 13.6. The maximum atomic E-state index is 12.8. The molecule has 1 N–H and O–H groups in total. The smallest absolute Gasteiger partial charge is 0.271 e. The Labute approximate surface area is 141 Å². The molecule has 0 aromatic heterocycles. The van der Waals surface area contributed by atoms with Crippen molar-refractivity contribution in [3.63, 3.8) is 0 Å². The molecule has 0 atom stereocenters. The average Bonchev–Trinajstić information content (AvgIpc) is 3.11. The Morgan fingerprint density at radius 2 is 1.88 bits per heavy atom. The Hall–Kier alpha value is -2.69. The van der Waals surface area contributed by atoms with Gasteiger partial charge in [0.05, 0.1) is 6.21 Å². The van der Waals surface area contributed by atoms with Crippen LogP contribution >= 0.6 is 0 Å². The highest BCUT2D eigenvalue weighted by Gasteiger charge is 2.12. The molecule has 2 aromatic rings. The predicted molar refractivity (Wildman–Crippen MR) is 94.1 cm³/mol. The lowest BCUT2D eigenvalue weighted by atomic mass is 10.1. The summed E-state index contributed by atoms with van der Waals surface area (Å²) in [6, 6.07) is 11.6. The number of benzene rings is 2. The molecule has 0 aliphatic carbocycles. The summed E-state index contributed by atoms with van der Waals surface area (Å²) in [4.78, 5) is 14.3. The minimum absolute atomic E-state index is 0.363. The molecule has 1 amide bonds. The van der Waals surface area contributed by atoms with Crippen LogP contribution < -0.4 is 10.3 Å². The zero-order chi connectivity index (χ0) is 16.9. The molecule has 1 heterocycles. The van der Waals surface area contributed by atoms with Crippen molar-refractivity contribution < 1.29 is 9.18 Å². The van der Waals surface area contributed by atoms with Gasteiger partial charge in [-0.1, -0.05) is 6.07 Å². The van der Waals surface area contributed by atoms with Crippen molar-refractivity contribution in [2.75, 3.05) is 18.0 Å². The molecule has 0 spiro atoms. The van der Waals surface area contributed by atoms with Crippen molar-refractivity contribution in [3.05, 3.63) is 65.0 Å². The van der Waals surface area contributed by atoms with Crippen LogP contribution in [0.4, 0.5) is 10.1 Å². The molecule has 0 unspecified atom stereocenters. The van der Waals surface area contributed by atoms with E-state index in [1.54, 1.807) is 6.21 Å². The third-order valence-electron chi connectivity index (χ3n) is 4.20. The molecule has 1 aliphatic heterocycles. The summed E-state index contributed by atoms with van der Waals surface area (Å²) in [5, 5.41) is 4.00. The molecule has 1 fully saturated rings. The molecule has 0 saturated carbocycles. The fourth-order valence-electron chi connectivity index (χ4n) is 2.80. The highest BCUT2D eigenvalue weighted by molar-refractivity contribution is 5.95. The Morgan fingerprint density at radius 3 is 2.54 bits per heavy atom. The summed E-state index contributed by atoms with van der Waals surface area (Å²) in [6.45, 7) is 4.25. The molecule has 124 valence electrons. The van der Waals surface area contributed by atoms with Crippen LogP contribution in [0.2, 0.25) is 0 Å². The van der Waals surface area contributed by atoms with Gasteiger partial charge >= 0.3 is 0 Å². The lowest BCUT2D eigenvalue weighted by Gasteiger charge is -2.18. The maximum Gasteiger partial charge on any atom is 0.271 e. The second kappa shape index (κ2) is 7.25. The third kappa shape index (κ3) is 3.79. The summed E-state index contributed by atoms with van der Waals surface area (Å²) >= 11 is 0. The van der Waals surface area contributed by atoms with Gasteiger partial charge in [0.2, 0.25) is 0 Å². The van der Waals surface area contributed by atoms with Gasteiger partial charge in [-0.2, -0.15) is 5.10 Å². The van der Waals surface area contributed by atoms with Gasteiger partial charge in [-0.15, -0.1) is 0 Å². The van der Waals surface area contributed by atoms with E-state index in [0.717, 1.165) is 24.2 Å². The lowest BCUT2D eigenvalue weighted by Crippen LogP contribution is -2.18. The molecule has 5 heteroatoms. The first-order valence-corrected chi connectivity index (χ1v) is 8.08. The van der Waals surface area contributed by atoms with Crippen LogP contribution in [0, 0.1) is 12.7 Å². The number of carbonyl (C=O) groups is 1. The summed E-state index contributed by atoms with van der Waals surface area (Å²) in [7, 11) is 0. The number of hydrogen-bond acceptors (Lipinski definition) is 3. The standard InChI is InChI=1S/C19H20FN3O/c1-14-12-18(23-10-2-3-11-23)9-6-16(14)13-21-22-19(24)15-4-7-17(20)8-5-15/h4-9,12-13H,2-3,10-11H2,1H3,(H,22,24)/b21-13-. The molecule has 1 saturated heterocycles. The van der Waals surface area contributed by atoms with Crippen molar-refractivity contribution in [2.24, 2.45) is 5.10 Å². The van der Waals surface area contributed by atoms with Gasteiger partial charge in [0, 0.05) is 24.3 Å². The number of hydrogen-bond donors (Lipinski definition) is 1. The Morgan fingerprint density at radius 1 is 1.17 bits per heavy atom. The number of nitrogens with zero attached hydrogens (tertiary/aromatic N) is 2. The van der Waals surface area contributed by atoms with Crippen LogP contribution in [0.5, 0.6) is 0 Å². The van der Waals surface area contributed by atoms with Crippen LogP contribution in [-0.2, 0) is 0 Å². The number of halogens is 1. The molecular formula is C19H20FN3O. The van der Waals surface area contributed by atoms with Gasteiger partial charge in [0.15, 0.2) is 0 Å². The van der Waals surface area contributed by atoms with Crippen molar-refractivity contribution in [1.82, 2.24) is 5.43 Å². The summed E-state index contributed by atoms with van der Waals surface area (Å²) in [5.74, 6) is -0.735. The number of aryl methyl sites for hydroxylation is 1. The SMILES string of the molecule is Cc1cc(N2CCCC2)ccc1/C=N\NC(=O)c1ccc(F)cc1. The van der Waals surface area contributed by atoms with Gasteiger partial charge < -0.3 is 4.90 Å². The predicted octanol–water partition coefficient (Wildman–Crippen LogP) is 3.50. The summed E-state index contributed by atoms with van der Waals surface area (Å²) in [5.41, 5.74) is 6.13. The molecule has 0 bridgehead atoms. The average molecular weight is 325 g/mol. The van der Waals surface area contributed by atoms with Crippen molar-refractivity contribution >= 4 is 17.8 Å². The Balaban J connectivity index is 1.63. The minimum atomic E-state index is -0.372. The van der Waals surface area contributed by atoms with Crippen LogP contribution in [0.15, 0.2) is 47.6 Å². The first-order chi connectivity index (χ1) is 11.6. The van der Waals surface area contributed by atoms with E-state index >= 15 is 0 Å². The van der Waals surface area contributed by atoms with E-state index in [0.29, 0.717) is 5.56 Å². The van der Waals surface area contributed by atoms with Crippen LogP contribution in [0.1, 0.15) is 34.3 Å². The van der Waals surface area contributed by atoms with Crippen molar-refractivity contribution in [2.45, 2.75) is 19.8 Å². The largest absolute Gasteiger partial charge is 0.372 e. The number of amides is 1. The molecule has 4 nitrogen and oxygen atoms in total. The van der Waals surface area contributed by atoms with Gasteiger partial charge in [-0.3, -0.25) is 4.79 Å². The van der Waals surface area contributed by atoms with Gasteiger partial charge in [-0.25, -0.2) is 9.82 Å². The first-order valence-electron chi connectivity index (χ1n) is 8.08. The van der Waals surface area contributed by atoms with Crippen LogP contribution in [-0.4, -0.2) is 25.2 Å². The quantitative estimate of drug-likeness (QED) is 0.691. The van der Waals surface area contributed by atoms with Gasteiger partial charge in [0.25, 0.3) is 5.91 Å². The van der Waals surface area contributed by atoms with E-state index in [4.69, 9.17) is 0 Å². The highest BCUT2D eigenvalue weighted by atomic mass is 19.1. The number of nitrogens with one attached hydrogen (secondary N) is 1. The van der Waals surface area contributed by atoms with E-state index in [2.05, 4.69) is 27.6 Å². The normalized spacial score (nSPS) is 14.3. The molecule has 3 rings (SSSR count). The molecule has 0 radical (unpaired) electrons. The third-order valence-corrected chi connectivity index (χ3v) is 4.20. The highest BCUT2D eigenvalue weighted by Crippen LogP contribution is 2.22. The van der Waals surface area contributed by atoms with Crippen molar-refractivity contribution in [1.29, 1.82) is 0 Å². The molecule has 1 aliphatic rings. The Bertz CT molecular complexity index is 750. The fraction of sp³-hybridized carbons (Fsp3) is 0.263. The van der Waals surface area contributed by atoms with Crippen LogP contribution in [0.25, 0.3) is 0 Å². The van der Waals surface area contributed by atoms with E-state index in [1.807, 2.05) is 13.0 Å². The lowest BCUT2D eigenvalue weighted by molar-refractivity contribution is 0.0955. The molecule has 2 aromatic carbocycles. The second-order valence-corrected chi connectivity index (χ2v) is 5.94. The topological polar surface area (TPSA) is 44.7 Å².